The summed E-state index contributed by atoms with van der Waals surface area (Å²) >= 11 is 0.676. The molecular weight excluding hydrogens is 456 g/mol. The molecule has 0 radical (unpaired) electrons. The van der Waals surface area contributed by atoms with Crippen molar-refractivity contribution in [2.45, 2.75) is 45.0 Å². The van der Waals surface area contributed by atoms with Gasteiger partial charge in [0, 0.05) is 18.2 Å². The number of ether oxygens (including phenoxy) is 1. The summed E-state index contributed by atoms with van der Waals surface area (Å²) in [6, 6.07) is 0. The highest BCUT2D eigenvalue weighted by atomic mass is 32.2. The number of hydrogen-bond donors (Lipinski definition) is 2. The Labute approximate surface area is 195 Å². The molecule has 0 bridgehead atoms. The zero-order chi connectivity index (χ0) is 24.1. The van der Waals surface area contributed by atoms with Crippen molar-refractivity contribution in [1.29, 1.82) is 0 Å². The van der Waals surface area contributed by atoms with Gasteiger partial charge in [0.15, 0.2) is 0 Å². The first-order valence-corrected chi connectivity index (χ1v) is 11.6. The molecule has 0 aromatic carbocycles. The van der Waals surface area contributed by atoms with Gasteiger partial charge in [-0.25, -0.2) is 9.93 Å². The second-order valence-corrected chi connectivity index (χ2v) is 9.08. The van der Waals surface area contributed by atoms with E-state index in [2.05, 4.69) is 21.4 Å². The van der Waals surface area contributed by atoms with Crippen LogP contribution in [0.4, 0.5) is 17.6 Å². The van der Waals surface area contributed by atoms with Gasteiger partial charge in [0.1, 0.15) is 17.7 Å². The lowest BCUT2D eigenvalue weighted by molar-refractivity contribution is -0.105. The van der Waals surface area contributed by atoms with E-state index in [0.717, 1.165) is 11.3 Å². The maximum atomic E-state index is 13.4. The molecule has 3 aliphatic rings. The molecule has 0 saturated heterocycles. The fourth-order valence-corrected chi connectivity index (χ4v) is 4.21. The zero-order valence-electron chi connectivity index (χ0n) is 18.7. The van der Waals surface area contributed by atoms with E-state index in [1.165, 1.54) is 12.2 Å². The minimum Gasteiger partial charge on any atom is -0.465 e. The summed E-state index contributed by atoms with van der Waals surface area (Å²) in [5.74, 6) is -0.995. The number of nitrogens with zero attached hydrogens (tertiary/aromatic N) is 2. The van der Waals surface area contributed by atoms with E-state index in [-0.39, 0.29) is 11.7 Å². The molecule has 0 fully saturated rings. The van der Waals surface area contributed by atoms with Gasteiger partial charge < -0.3 is 4.74 Å². The van der Waals surface area contributed by atoms with Gasteiger partial charge in [-0.3, -0.25) is 9.73 Å². The van der Waals surface area contributed by atoms with Crippen LogP contribution in [0.5, 0.6) is 0 Å². The van der Waals surface area contributed by atoms with Gasteiger partial charge >= 0.3 is 6.18 Å². The van der Waals surface area contributed by atoms with Gasteiger partial charge in [-0.1, -0.05) is 36.3 Å². The van der Waals surface area contributed by atoms with Crippen LogP contribution in [0, 0.1) is 5.92 Å². The fraction of sp³-hybridized carbons (Fsp3) is 0.435. The minimum atomic E-state index is -4.22. The molecule has 2 atom stereocenters. The van der Waals surface area contributed by atoms with E-state index in [9.17, 15) is 17.6 Å². The smallest absolute Gasteiger partial charge is 0.399 e. The van der Waals surface area contributed by atoms with E-state index in [4.69, 9.17) is 4.74 Å². The number of hydrogen-bond acceptors (Lipinski definition) is 6. The van der Waals surface area contributed by atoms with E-state index < -0.39 is 23.6 Å². The molecular formula is C23H28F4N4OS. The van der Waals surface area contributed by atoms with Crippen molar-refractivity contribution in [1.82, 2.24) is 15.3 Å². The third kappa shape index (κ3) is 7.26. The lowest BCUT2D eigenvalue weighted by Gasteiger charge is -2.36. The Morgan fingerprint density at radius 2 is 2.06 bits per heavy atom. The average Bonchev–Trinajstić information content (AvgIpc) is 2.96. The molecule has 0 aromatic rings. The van der Waals surface area contributed by atoms with Gasteiger partial charge in [-0.05, 0) is 63.0 Å². The first-order valence-electron chi connectivity index (χ1n) is 10.6. The van der Waals surface area contributed by atoms with Crippen LogP contribution >= 0.6 is 11.9 Å². The van der Waals surface area contributed by atoms with Crippen LogP contribution in [0.25, 0.3) is 0 Å². The normalized spacial score (nSPS) is 23.3. The summed E-state index contributed by atoms with van der Waals surface area (Å²) in [6.45, 7) is 6.39. The van der Waals surface area contributed by atoms with Crippen molar-refractivity contribution >= 4 is 17.8 Å². The van der Waals surface area contributed by atoms with Crippen molar-refractivity contribution in [3.63, 3.8) is 0 Å². The van der Waals surface area contributed by atoms with Crippen LogP contribution in [0.3, 0.4) is 0 Å². The maximum absolute atomic E-state index is 13.4. The fourth-order valence-electron chi connectivity index (χ4n) is 3.45. The van der Waals surface area contributed by atoms with Gasteiger partial charge in [-0.2, -0.15) is 13.2 Å². The SMILES string of the molecule is CCN1NN=C(OC2C=CC=C(F)C=C2)C=C1C1=CC(C(C)(C)NSCC(F)(F)F)CC=C1. The summed E-state index contributed by atoms with van der Waals surface area (Å²) in [4.78, 5) is 0. The standard InChI is InChI=1S/C23H28F4N4OS/c1-4-31-20(14-21(28-30-31)32-19-10-6-9-18(24)11-12-19)16-7-5-8-17(13-16)22(2,3)29-33-15-23(25,26)27/h5-7,9-14,17,19,29-30H,4,8,15H2,1-3H3. The van der Waals surface area contributed by atoms with Crippen LogP contribution in [0.2, 0.25) is 0 Å². The predicted molar refractivity (Wildman–Crippen MR) is 124 cm³/mol. The molecule has 10 heteroatoms. The summed E-state index contributed by atoms with van der Waals surface area (Å²) in [5, 5.41) is 6.10. The second kappa shape index (κ2) is 10.6. The Kier molecular flexibility index (Phi) is 8.12. The van der Waals surface area contributed by atoms with Gasteiger partial charge in [0.05, 0.1) is 5.70 Å². The monoisotopic (exact) mass is 484 g/mol. The zero-order valence-corrected chi connectivity index (χ0v) is 19.5. The van der Waals surface area contributed by atoms with Gasteiger partial charge in [0.2, 0.25) is 5.90 Å². The number of allylic oxidation sites excluding steroid dienone is 6. The van der Waals surface area contributed by atoms with Crippen molar-refractivity contribution in [2.24, 2.45) is 11.0 Å². The molecule has 0 saturated carbocycles. The highest BCUT2D eigenvalue weighted by Crippen LogP contribution is 2.33. The van der Waals surface area contributed by atoms with Gasteiger partial charge in [0.25, 0.3) is 0 Å². The Morgan fingerprint density at radius 3 is 2.79 bits per heavy atom. The molecule has 0 aromatic heterocycles. The molecule has 2 N–H and O–H groups in total. The van der Waals surface area contributed by atoms with Crippen molar-refractivity contribution in [3.05, 3.63) is 71.8 Å². The van der Waals surface area contributed by atoms with Crippen LogP contribution in [-0.4, -0.2) is 41.0 Å². The first-order chi connectivity index (χ1) is 15.6. The Hall–Kier alpha value is -2.46. The molecule has 180 valence electrons. The molecule has 2 unspecified atom stereocenters. The van der Waals surface area contributed by atoms with Crippen molar-refractivity contribution < 1.29 is 22.3 Å². The Balaban J connectivity index is 1.75. The van der Waals surface area contributed by atoms with Crippen LogP contribution in [-0.2, 0) is 4.74 Å². The van der Waals surface area contributed by atoms with E-state index in [0.29, 0.717) is 30.8 Å². The number of nitrogens with one attached hydrogen (secondary N) is 2. The number of likely N-dealkylation sites (N-methyl/N-ethyl adjacent to an activating group) is 1. The van der Waals surface area contributed by atoms with Crippen molar-refractivity contribution in [3.8, 4) is 0 Å². The Morgan fingerprint density at radius 1 is 1.27 bits per heavy atom. The van der Waals surface area contributed by atoms with Crippen LogP contribution < -0.4 is 10.3 Å². The number of halogens is 4. The lowest BCUT2D eigenvalue weighted by Crippen LogP contribution is -2.43. The van der Waals surface area contributed by atoms with E-state index in [1.54, 1.807) is 24.3 Å². The maximum Gasteiger partial charge on any atom is 0.399 e. The van der Waals surface area contributed by atoms with Crippen molar-refractivity contribution in [2.75, 3.05) is 12.3 Å². The second-order valence-electron chi connectivity index (χ2n) is 8.30. The highest BCUT2D eigenvalue weighted by Gasteiger charge is 2.33. The summed E-state index contributed by atoms with van der Waals surface area (Å²) in [7, 11) is 0. The number of rotatable bonds is 7. The van der Waals surface area contributed by atoms with Gasteiger partial charge in [-0.15, -0.1) is 5.10 Å². The number of alkyl halides is 3. The largest absolute Gasteiger partial charge is 0.465 e. The molecule has 0 amide bonds. The molecule has 5 nitrogen and oxygen atoms in total. The molecule has 0 spiro atoms. The number of hydrazine groups is 1. The summed E-state index contributed by atoms with van der Waals surface area (Å²) < 4.78 is 59.9. The van der Waals surface area contributed by atoms with Crippen LogP contribution in [0.1, 0.15) is 27.2 Å². The molecule has 2 aliphatic carbocycles. The summed E-state index contributed by atoms with van der Waals surface area (Å²) in [5.41, 5.74) is 4.13. The van der Waals surface area contributed by atoms with E-state index >= 15 is 0 Å². The minimum absolute atomic E-state index is 0.0251. The predicted octanol–water partition coefficient (Wildman–Crippen LogP) is 5.47. The quantitative estimate of drug-likeness (QED) is 0.371. The third-order valence-electron chi connectivity index (χ3n) is 5.27. The number of hydrazone groups is 1. The summed E-state index contributed by atoms with van der Waals surface area (Å²) in [6.07, 6.45) is 11.5. The Bertz CT molecular complexity index is 931. The third-order valence-corrected chi connectivity index (χ3v) is 6.41. The lowest BCUT2D eigenvalue weighted by atomic mass is 9.81. The first kappa shape index (κ1) is 25.2. The average molecular weight is 485 g/mol. The van der Waals surface area contributed by atoms with E-state index in [1.807, 2.05) is 37.9 Å². The molecule has 1 heterocycles. The topological polar surface area (TPSA) is 48.9 Å². The molecule has 1 aliphatic heterocycles. The molecule has 3 rings (SSSR count). The van der Waals surface area contributed by atoms with Crippen LogP contribution in [0.15, 0.2) is 76.9 Å². The molecule has 33 heavy (non-hydrogen) atoms. The highest BCUT2D eigenvalue weighted by molar-refractivity contribution is 7.97.